The summed E-state index contributed by atoms with van der Waals surface area (Å²) in [6, 6.07) is 9.39. The second-order valence-corrected chi connectivity index (χ2v) is 4.83. The van der Waals surface area contributed by atoms with Crippen molar-refractivity contribution in [1.82, 2.24) is 5.32 Å². The Balaban J connectivity index is 0.00000144. The standard InChI is InChI=1S/C14H22N2.2ClH/c1-12(2)15-9-5-10-16-11-8-13-6-3-4-7-14(13)16;;/h3-4,6-7,12,15H,5,8-11H2,1-2H3;2*1H. The van der Waals surface area contributed by atoms with Gasteiger partial charge in [0.15, 0.2) is 0 Å². The van der Waals surface area contributed by atoms with Gasteiger partial charge >= 0.3 is 0 Å². The third-order valence-corrected chi connectivity index (χ3v) is 3.14. The van der Waals surface area contributed by atoms with E-state index in [0.29, 0.717) is 6.04 Å². The highest BCUT2D eigenvalue weighted by Crippen LogP contribution is 2.27. The number of hydrogen-bond donors (Lipinski definition) is 1. The van der Waals surface area contributed by atoms with Crippen LogP contribution in [-0.4, -0.2) is 25.7 Å². The SMILES string of the molecule is CC(C)NCCCN1CCc2ccccc21.Cl.Cl. The molecule has 1 aliphatic rings. The summed E-state index contributed by atoms with van der Waals surface area (Å²) in [5, 5.41) is 3.47. The zero-order valence-corrected chi connectivity index (χ0v) is 12.8. The van der Waals surface area contributed by atoms with Crippen LogP contribution in [0.2, 0.25) is 0 Å². The largest absolute Gasteiger partial charge is 0.371 e. The molecular weight excluding hydrogens is 267 g/mol. The second kappa shape index (κ2) is 8.63. The van der Waals surface area contributed by atoms with Crippen molar-refractivity contribution in [2.45, 2.75) is 32.7 Å². The zero-order valence-electron chi connectivity index (χ0n) is 11.2. The van der Waals surface area contributed by atoms with E-state index in [2.05, 4.69) is 48.3 Å². The number of nitrogens with zero attached hydrogens (tertiary/aromatic N) is 1. The number of fused-ring (bicyclic) bond motifs is 1. The molecule has 0 saturated heterocycles. The van der Waals surface area contributed by atoms with Gasteiger partial charge in [0.05, 0.1) is 0 Å². The van der Waals surface area contributed by atoms with Crippen molar-refractivity contribution >= 4 is 30.5 Å². The van der Waals surface area contributed by atoms with Gasteiger partial charge in [0.1, 0.15) is 0 Å². The molecule has 2 nitrogen and oxygen atoms in total. The van der Waals surface area contributed by atoms with Gasteiger partial charge in [-0.1, -0.05) is 32.0 Å². The average molecular weight is 291 g/mol. The van der Waals surface area contributed by atoms with Crippen LogP contribution < -0.4 is 10.2 Å². The highest BCUT2D eigenvalue weighted by molar-refractivity contribution is 5.85. The van der Waals surface area contributed by atoms with Crippen LogP contribution in [-0.2, 0) is 6.42 Å². The number of halogens is 2. The molecule has 0 radical (unpaired) electrons. The summed E-state index contributed by atoms with van der Waals surface area (Å²) in [7, 11) is 0. The van der Waals surface area contributed by atoms with Gasteiger partial charge in [0, 0.05) is 24.8 Å². The van der Waals surface area contributed by atoms with E-state index in [-0.39, 0.29) is 24.8 Å². The van der Waals surface area contributed by atoms with Crippen LogP contribution in [0.15, 0.2) is 24.3 Å². The van der Waals surface area contributed by atoms with E-state index < -0.39 is 0 Å². The summed E-state index contributed by atoms with van der Waals surface area (Å²) in [5.41, 5.74) is 2.96. The molecule has 18 heavy (non-hydrogen) atoms. The number of benzene rings is 1. The molecule has 4 heteroatoms. The summed E-state index contributed by atoms with van der Waals surface area (Å²) in [4.78, 5) is 2.51. The Morgan fingerprint density at radius 3 is 2.67 bits per heavy atom. The maximum absolute atomic E-state index is 3.47. The highest BCUT2D eigenvalue weighted by atomic mass is 35.5. The van der Waals surface area contributed by atoms with Crippen LogP contribution in [0.4, 0.5) is 5.69 Å². The molecule has 0 saturated carbocycles. The molecular formula is C14H24Cl2N2. The molecule has 2 rings (SSSR count). The minimum absolute atomic E-state index is 0. The van der Waals surface area contributed by atoms with Gasteiger partial charge in [0.25, 0.3) is 0 Å². The number of nitrogens with one attached hydrogen (secondary N) is 1. The van der Waals surface area contributed by atoms with Crippen LogP contribution in [0.1, 0.15) is 25.8 Å². The van der Waals surface area contributed by atoms with Crippen molar-refractivity contribution in [3.05, 3.63) is 29.8 Å². The zero-order chi connectivity index (χ0) is 11.4. The lowest BCUT2D eigenvalue weighted by Gasteiger charge is -2.19. The Bertz CT molecular complexity index is 342. The smallest absolute Gasteiger partial charge is 0.0399 e. The first-order chi connectivity index (χ1) is 7.77. The van der Waals surface area contributed by atoms with Crippen molar-refractivity contribution < 1.29 is 0 Å². The molecule has 104 valence electrons. The fraction of sp³-hybridized carbons (Fsp3) is 0.571. The molecule has 0 bridgehead atoms. The summed E-state index contributed by atoms with van der Waals surface area (Å²) >= 11 is 0. The van der Waals surface area contributed by atoms with E-state index >= 15 is 0 Å². The highest BCUT2D eigenvalue weighted by Gasteiger charge is 2.16. The summed E-state index contributed by atoms with van der Waals surface area (Å²) in [6.07, 6.45) is 2.44. The lowest BCUT2D eigenvalue weighted by atomic mass is 10.2. The Morgan fingerprint density at radius 1 is 1.22 bits per heavy atom. The van der Waals surface area contributed by atoms with Gasteiger partial charge in [-0.15, -0.1) is 24.8 Å². The quantitative estimate of drug-likeness (QED) is 0.838. The van der Waals surface area contributed by atoms with Crippen LogP contribution in [0.5, 0.6) is 0 Å². The second-order valence-electron chi connectivity index (χ2n) is 4.83. The monoisotopic (exact) mass is 290 g/mol. The van der Waals surface area contributed by atoms with E-state index in [1.807, 2.05) is 0 Å². The number of rotatable bonds is 5. The maximum Gasteiger partial charge on any atom is 0.0399 e. The molecule has 1 aromatic rings. The maximum atomic E-state index is 3.47. The molecule has 0 aromatic heterocycles. The number of hydrogen-bond acceptors (Lipinski definition) is 2. The minimum atomic E-state index is 0. The molecule has 1 aromatic carbocycles. The van der Waals surface area contributed by atoms with Gasteiger partial charge in [-0.2, -0.15) is 0 Å². The topological polar surface area (TPSA) is 15.3 Å². The lowest BCUT2D eigenvalue weighted by Crippen LogP contribution is -2.28. The van der Waals surface area contributed by atoms with Crippen molar-refractivity contribution in [3.63, 3.8) is 0 Å². The van der Waals surface area contributed by atoms with E-state index in [1.165, 1.54) is 37.2 Å². The first kappa shape index (κ1) is 17.6. The Kier molecular flexibility index (Phi) is 8.41. The molecule has 0 unspecified atom stereocenters. The summed E-state index contributed by atoms with van der Waals surface area (Å²) in [5.74, 6) is 0. The molecule has 0 spiro atoms. The van der Waals surface area contributed by atoms with Gasteiger partial charge in [-0.3, -0.25) is 0 Å². The first-order valence-electron chi connectivity index (χ1n) is 6.33. The average Bonchev–Trinajstić information content (AvgIpc) is 2.68. The van der Waals surface area contributed by atoms with Crippen molar-refractivity contribution in [2.75, 3.05) is 24.5 Å². The van der Waals surface area contributed by atoms with E-state index in [9.17, 15) is 0 Å². The van der Waals surface area contributed by atoms with Gasteiger partial charge in [0.2, 0.25) is 0 Å². The molecule has 1 aliphatic heterocycles. The fourth-order valence-electron chi connectivity index (χ4n) is 2.30. The summed E-state index contributed by atoms with van der Waals surface area (Å²) in [6.45, 7) is 7.89. The molecule has 0 fully saturated rings. The Morgan fingerprint density at radius 2 is 1.94 bits per heavy atom. The van der Waals surface area contributed by atoms with Crippen LogP contribution in [0.25, 0.3) is 0 Å². The van der Waals surface area contributed by atoms with Gasteiger partial charge in [-0.25, -0.2) is 0 Å². The Labute approximate surface area is 123 Å². The predicted octanol–water partition coefficient (Wildman–Crippen LogP) is 3.28. The third-order valence-electron chi connectivity index (χ3n) is 3.14. The van der Waals surface area contributed by atoms with Gasteiger partial charge < -0.3 is 10.2 Å². The van der Waals surface area contributed by atoms with Gasteiger partial charge in [-0.05, 0) is 31.0 Å². The molecule has 0 aliphatic carbocycles. The van der Waals surface area contributed by atoms with Crippen LogP contribution >= 0.6 is 24.8 Å². The third kappa shape index (κ3) is 4.68. The molecule has 1 heterocycles. The molecule has 1 N–H and O–H groups in total. The predicted molar refractivity (Wildman–Crippen MR) is 84.6 cm³/mol. The molecule has 0 amide bonds. The first-order valence-corrected chi connectivity index (χ1v) is 6.33. The van der Waals surface area contributed by atoms with Crippen LogP contribution in [0.3, 0.4) is 0 Å². The van der Waals surface area contributed by atoms with E-state index in [1.54, 1.807) is 0 Å². The van der Waals surface area contributed by atoms with Crippen molar-refractivity contribution in [2.24, 2.45) is 0 Å². The molecule has 0 atom stereocenters. The normalized spacial score (nSPS) is 12.9. The summed E-state index contributed by atoms with van der Waals surface area (Å²) < 4.78 is 0. The Hall–Kier alpha value is -0.440. The van der Waals surface area contributed by atoms with Crippen LogP contribution in [0, 0.1) is 0 Å². The fourth-order valence-corrected chi connectivity index (χ4v) is 2.30. The lowest BCUT2D eigenvalue weighted by molar-refractivity contribution is 0.567. The van der Waals surface area contributed by atoms with Crippen molar-refractivity contribution in [3.8, 4) is 0 Å². The van der Waals surface area contributed by atoms with Crippen molar-refractivity contribution in [1.29, 1.82) is 0 Å². The minimum Gasteiger partial charge on any atom is -0.371 e. The number of anilines is 1. The van der Waals surface area contributed by atoms with E-state index in [4.69, 9.17) is 0 Å². The number of para-hydroxylation sites is 1. The van der Waals surface area contributed by atoms with E-state index in [0.717, 1.165) is 6.54 Å².